The van der Waals surface area contributed by atoms with Gasteiger partial charge in [-0.15, -0.1) is 0 Å². The molecule has 0 aromatic heterocycles. The molecule has 6 N–H and O–H groups in total. The zero-order valence-corrected chi connectivity index (χ0v) is 46.0. The number of esters is 1. The van der Waals surface area contributed by atoms with Gasteiger partial charge < -0.3 is 45.1 Å². The fraction of sp³-hybridized carbons (Fsp3) is 0.803. The molecule has 0 bridgehead atoms. The largest absolute Gasteiger partial charge is 0.454 e. The summed E-state index contributed by atoms with van der Waals surface area (Å²) in [4.78, 5) is 26.4. The molecule has 0 saturated carbocycles. The fourth-order valence-corrected chi connectivity index (χ4v) is 8.87. The predicted molar refractivity (Wildman–Crippen MR) is 296 cm³/mol. The molecule has 1 fully saturated rings. The van der Waals surface area contributed by atoms with E-state index in [1.165, 1.54) is 103 Å². The third-order valence-corrected chi connectivity index (χ3v) is 13.6. The molecular formula is C61H109NO10. The molecule has 11 nitrogen and oxygen atoms in total. The lowest BCUT2D eigenvalue weighted by Crippen LogP contribution is -2.61. The SMILES string of the molecule is CCCC/C=C\CCCCCCCC(=O)OC1C(OCC(NC(=O)C(O)CCCCCCCCC/C=C\C/C=C\C/C=C\CCCCC)C(O)/C=C/CCCCCCCCCCCC)OC(CO)C(O)C1O. The summed E-state index contributed by atoms with van der Waals surface area (Å²) >= 11 is 0. The van der Waals surface area contributed by atoms with Gasteiger partial charge in [-0.2, -0.15) is 0 Å². The fourth-order valence-electron chi connectivity index (χ4n) is 8.87. The van der Waals surface area contributed by atoms with Gasteiger partial charge in [-0.25, -0.2) is 0 Å². The average molecular weight is 1020 g/mol. The van der Waals surface area contributed by atoms with Crippen LogP contribution in [0, 0.1) is 0 Å². The number of amides is 1. The summed E-state index contributed by atoms with van der Waals surface area (Å²) in [5.41, 5.74) is 0. The van der Waals surface area contributed by atoms with Crippen molar-refractivity contribution in [3.8, 4) is 0 Å². The zero-order valence-electron chi connectivity index (χ0n) is 46.0. The highest BCUT2D eigenvalue weighted by Gasteiger charge is 2.47. The lowest BCUT2D eigenvalue weighted by molar-refractivity contribution is -0.305. The number of hydrogen-bond acceptors (Lipinski definition) is 10. The van der Waals surface area contributed by atoms with E-state index >= 15 is 0 Å². The van der Waals surface area contributed by atoms with Crippen LogP contribution in [0.25, 0.3) is 0 Å². The Hall–Kier alpha value is -2.64. The maximum Gasteiger partial charge on any atom is 0.306 e. The Balaban J connectivity index is 2.70. The first kappa shape index (κ1) is 67.4. The molecule has 0 radical (unpaired) electrons. The van der Waals surface area contributed by atoms with Crippen molar-refractivity contribution in [3.63, 3.8) is 0 Å². The molecule has 0 aromatic rings. The summed E-state index contributed by atoms with van der Waals surface area (Å²) in [6.45, 7) is 5.70. The number of carbonyl (C=O) groups excluding carboxylic acids is 2. The third kappa shape index (κ3) is 37.1. The summed E-state index contributed by atoms with van der Waals surface area (Å²) in [5.74, 6) is -1.21. The molecule has 1 amide bonds. The Morgan fingerprint density at radius 3 is 1.51 bits per heavy atom. The van der Waals surface area contributed by atoms with E-state index in [0.717, 1.165) is 103 Å². The van der Waals surface area contributed by atoms with E-state index in [1.807, 2.05) is 6.08 Å². The minimum Gasteiger partial charge on any atom is -0.454 e. The molecular weight excluding hydrogens is 907 g/mol. The summed E-state index contributed by atoms with van der Waals surface area (Å²) < 4.78 is 17.5. The second kappa shape index (κ2) is 49.2. The number of hydrogen-bond donors (Lipinski definition) is 6. The third-order valence-electron chi connectivity index (χ3n) is 13.6. The minimum absolute atomic E-state index is 0.111. The number of nitrogens with one attached hydrogen (secondary N) is 1. The predicted octanol–water partition coefficient (Wildman–Crippen LogP) is 13.4. The van der Waals surface area contributed by atoms with Crippen LogP contribution in [0.2, 0.25) is 0 Å². The highest BCUT2D eigenvalue weighted by Crippen LogP contribution is 2.26. The van der Waals surface area contributed by atoms with Crippen molar-refractivity contribution >= 4 is 11.9 Å². The van der Waals surface area contributed by atoms with Crippen molar-refractivity contribution in [2.45, 2.75) is 301 Å². The molecule has 11 heteroatoms. The highest BCUT2D eigenvalue weighted by atomic mass is 16.7. The Morgan fingerprint density at radius 1 is 0.542 bits per heavy atom. The highest BCUT2D eigenvalue weighted by molar-refractivity contribution is 5.80. The maximum atomic E-state index is 13.4. The quantitative estimate of drug-likeness (QED) is 0.0195. The van der Waals surface area contributed by atoms with Crippen molar-refractivity contribution < 1.29 is 49.3 Å². The van der Waals surface area contributed by atoms with Crippen LogP contribution in [0.4, 0.5) is 0 Å². The van der Waals surface area contributed by atoms with Crippen LogP contribution in [0.15, 0.2) is 60.8 Å². The molecule has 72 heavy (non-hydrogen) atoms. The van der Waals surface area contributed by atoms with Crippen LogP contribution in [0.3, 0.4) is 0 Å². The van der Waals surface area contributed by atoms with Crippen molar-refractivity contribution in [1.29, 1.82) is 0 Å². The van der Waals surface area contributed by atoms with Crippen LogP contribution < -0.4 is 5.32 Å². The topological polar surface area (TPSA) is 175 Å². The van der Waals surface area contributed by atoms with Gasteiger partial charge in [0.1, 0.15) is 24.4 Å². The summed E-state index contributed by atoms with van der Waals surface area (Å²) in [7, 11) is 0. The van der Waals surface area contributed by atoms with E-state index in [4.69, 9.17) is 14.2 Å². The average Bonchev–Trinajstić information content (AvgIpc) is 3.38. The molecule has 1 rings (SSSR count). The molecule has 1 heterocycles. The van der Waals surface area contributed by atoms with Gasteiger partial charge in [-0.3, -0.25) is 9.59 Å². The molecule has 0 aromatic carbocycles. The normalized spacial score (nSPS) is 19.9. The molecule has 1 aliphatic rings. The van der Waals surface area contributed by atoms with Crippen molar-refractivity contribution in [2.75, 3.05) is 13.2 Å². The Morgan fingerprint density at radius 2 is 0.972 bits per heavy atom. The molecule has 1 aliphatic heterocycles. The number of aliphatic hydroxyl groups is 5. The van der Waals surface area contributed by atoms with Gasteiger partial charge in [0.25, 0.3) is 0 Å². The number of unbranched alkanes of at least 4 members (excludes halogenated alkanes) is 27. The molecule has 418 valence electrons. The van der Waals surface area contributed by atoms with Crippen LogP contribution in [-0.4, -0.2) is 99.6 Å². The van der Waals surface area contributed by atoms with Gasteiger partial charge in [-0.05, 0) is 83.5 Å². The monoisotopic (exact) mass is 1020 g/mol. The first-order valence-corrected chi connectivity index (χ1v) is 29.6. The summed E-state index contributed by atoms with van der Waals surface area (Å²) in [5, 5.41) is 56.8. The number of rotatable bonds is 49. The molecule has 0 spiro atoms. The first-order valence-electron chi connectivity index (χ1n) is 29.6. The minimum atomic E-state index is -1.62. The Labute approximate surface area is 439 Å². The van der Waals surface area contributed by atoms with Gasteiger partial charge in [0.2, 0.25) is 5.91 Å². The summed E-state index contributed by atoms with van der Waals surface area (Å²) in [6, 6.07) is -1.03. The van der Waals surface area contributed by atoms with E-state index in [2.05, 4.69) is 74.7 Å². The van der Waals surface area contributed by atoms with Gasteiger partial charge in [0.15, 0.2) is 12.4 Å². The standard InChI is InChI=1S/C61H109NO10/c1-4-7-10-13-16-19-22-24-25-26-27-28-29-30-31-34-36-39-42-45-48-54(65)60(69)62-52(53(64)47-44-41-38-35-33-23-20-17-14-11-8-5-2)51-70-61-59(58(68)57(67)55(50-63)71-61)72-56(66)49-46-43-40-37-32-21-18-15-12-9-6-3/h15-16,18-19,24-25,27-28,44,47,52-55,57-59,61,63-65,67-68H,4-14,17,20-23,26,29-43,45-46,48-51H2,1-3H3,(H,62,69)/b18-15-,19-16-,25-24-,28-27-,47-44+. The molecule has 8 atom stereocenters. The van der Waals surface area contributed by atoms with Gasteiger partial charge in [0.05, 0.1) is 25.4 Å². The zero-order chi connectivity index (χ0) is 52.5. The van der Waals surface area contributed by atoms with Crippen LogP contribution >= 0.6 is 0 Å². The summed E-state index contributed by atoms with van der Waals surface area (Å²) in [6.07, 6.45) is 49.8. The second-order valence-corrected chi connectivity index (χ2v) is 20.4. The Bertz CT molecular complexity index is 1400. The van der Waals surface area contributed by atoms with Crippen LogP contribution in [0.1, 0.15) is 252 Å². The number of ether oxygens (including phenoxy) is 3. The van der Waals surface area contributed by atoms with E-state index in [9.17, 15) is 35.1 Å². The van der Waals surface area contributed by atoms with E-state index in [0.29, 0.717) is 12.8 Å². The van der Waals surface area contributed by atoms with E-state index in [1.54, 1.807) is 6.08 Å². The second-order valence-electron chi connectivity index (χ2n) is 20.4. The van der Waals surface area contributed by atoms with Crippen molar-refractivity contribution in [2.24, 2.45) is 0 Å². The van der Waals surface area contributed by atoms with Gasteiger partial charge in [-0.1, -0.05) is 223 Å². The molecule has 8 unspecified atom stereocenters. The van der Waals surface area contributed by atoms with Gasteiger partial charge in [0, 0.05) is 6.42 Å². The first-order chi connectivity index (χ1) is 35.2. The molecule has 0 aliphatic carbocycles. The van der Waals surface area contributed by atoms with E-state index < -0.39 is 67.4 Å². The van der Waals surface area contributed by atoms with Crippen LogP contribution in [-0.2, 0) is 23.8 Å². The van der Waals surface area contributed by atoms with Gasteiger partial charge >= 0.3 is 5.97 Å². The lowest BCUT2D eigenvalue weighted by Gasteiger charge is -2.41. The lowest BCUT2D eigenvalue weighted by atomic mass is 9.99. The maximum absolute atomic E-state index is 13.4. The number of carbonyl (C=O) groups is 2. The van der Waals surface area contributed by atoms with E-state index in [-0.39, 0.29) is 19.4 Å². The van der Waals surface area contributed by atoms with Crippen molar-refractivity contribution in [3.05, 3.63) is 60.8 Å². The Kier molecular flexibility index (Phi) is 46.1. The number of allylic oxidation sites excluding steroid dienone is 9. The molecule has 1 saturated heterocycles. The number of aliphatic hydroxyl groups excluding tert-OH is 5. The van der Waals surface area contributed by atoms with Crippen LogP contribution in [0.5, 0.6) is 0 Å². The smallest absolute Gasteiger partial charge is 0.306 e. The van der Waals surface area contributed by atoms with Crippen molar-refractivity contribution in [1.82, 2.24) is 5.32 Å².